The van der Waals surface area contributed by atoms with Gasteiger partial charge in [-0.3, -0.25) is 15.1 Å². The molecule has 1 heterocycles. The topological polar surface area (TPSA) is 68.0 Å². The summed E-state index contributed by atoms with van der Waals surface area (Å²) in [6, 6.07) is 0.252. The fourth-order valence-electron chi connectivity index (χ4n) is 1.19. The van der Waals surface area contributed by atoms with Gasteiger partial charge in [0.15, 0.2) is 0 Å². The van der Waals surface area contributed by atoms with Crippen LogP contribution in [0.15, 0.2) is 21.2 Å². The molecule has 100 valence electrons. The maximum absolute atomic E-state index is 12.1. The van der Waals surface area contributed by atoms with Crippen LogP contribution in [0.4, 0.5) is 13.2 Å². The third-order valence-corrected chi connectivity index (χ3v) is 2.97. The second-order valence-corrected chi connectivity index (χ2v) is 5.12. The van der Waals surface area contributed by atoms with E-state index in [4.69, 9.17) is 5.73 Å². The Morgan fingerprint density at radius 2 is 2.11 bits per heavy atom. The van der Waals surface area contributed by atoms with E-state index in [1.165, 1.54) is 6.20 Å². The SMILES string of the molecule is NC(=O)C(NCC(F)(F)F)c1ncc(Br)cc1Br. The highest BCUT2D eigenvalue weighted by molar-refractivity contribution is 9.11. The third kappa shape index (κ3) is 4.54. The Labute approximate surface area is 117 Å². The monoisotopic (exact) mass is 389 g/mol. The van der Waals surface area contributed by atoms with Crippen molar-refractivity contribution in [1.82, 2.24) is 10.3 Å². The Morgan fingerprint density at radius 1 is 1.50 bits per heavy atom. The van der Waals surface area contributed by atoms with Crippen molar-refractivity contribution in [3.8, 4) is 0 Å². The van der Waals surface area contributed by atoms with Crippen molar-refractivity contribution < 1.29 is 18.0 Å². The second-order valence-electron chi connectivity index (χ2n) is 3.35. The third-order valence-electron chi connectivity index (χ3n) is 1.90. The fourth-order valence-corrected chi connectivity index (χ4v) is 2.40. The van der Waals surface area contributed by atoms with Crippen LogP contribution in [0, 0.1) is 0 Å². The minimum absolute atomic E-state index is 0.106. The fraction of sp³-hybridized carbons (Fsp3) is 0.333. The largest absolute Gasteiger partial charge is 0.401 e. The number of pyridine rings is 1. The first-order valence-corrected chi connectivity index (χ1v) is 6.19. The zero-order valence-corrected chi connectivity index (χ0v) is 11.9. The molecule has 0 saturated heterocycles. The molecule has 18 heavy (non-hydrogen) atoms. The number of rotatable bonds is 4. The van der Waals surface area contributed by atoms with Crippen LogP contribution in [0.2, 0.25) is 0 Å². The quantitative estimate of drug-likeness (QED) is 0.828. The van der Waals surface area contributed by atoms with Gasteiger partial charge in [0.05, 0.1) is 12.2 Å². The van der Waals surface area contributed by atoms with E-state index < -0.39 is 24.7 Å². The highest BCUT2D eigenvalue weighted by atomic mass is 79.9. The molecule has 1 aromatic heterocycles. The first-order valence-electron chi connectivity index (χ1n) is 4.61. The smallest absolute Gasteiger partial charge is 0.368 e. The number of aromatic nitrogens is 1. The van der Waals surface area contributed by atoms with Gasteiger partial charge in [0.2, 0.25) is 5.91 Å². The van der Waals surface area contributed by atoms with Crippen LogP contribution in [0.3, 0.4) is 0 Å². The standard InChI is InChI=1S/C9H8Br2F3N3O/c10-4-1-5(11)6(16-2-4)7(8(15)18)17-3-9(12,13)14/h1-2,7,17H,3H2,(H2,15,18). The summed E-state index contributed by atoms with van der Waals surface area (Å²) in [6.07, 6.45) is -3.07. The number of carbonyl (C=O) groups is 1. The molecule has 0 saturated carbocycles. The van der Waals surface area contributed by atoms with Gasteiger partial charge < -0.3 is 5.73 Å². The van der Waals surface area contributed by atoms with Crippen LogP contribution in [-0.2, 0) is 4.79 Å². The average molecular weight is 391 g/mol. The average Bonchev–Trinajstić information content (AvgIpc) is 2.18. The molecule has 0 fully saturated rings. The molecule has 1 atom stereocenters. The van der Waals surface area contributed by atoms with Gasteiger partial charge in [0, 0.05) is 15.1 Å². The van der Waals surface area contributed by atoms with E-state index in [2.05, 4.69) is 36.8 Å². The highest BCUT2D eigenvalue weighted by Crippen LogP contribution is 2.25. The molecule has 3 N–H and O–H groups in total. The van der Waals surface area contributed by atoms with Gasteiger partial charge in [-0.15, -0.1) is 0 Å². The summed E-state index contributed by atoms with van der Waals surface area (Å²) in [4.78, 5) is 15.0. The lowest BCUT2D eigenvalue weighted by molar-refractivity contribution is -0.131. The number of primary amides is 1. The van der Waals surface area contributed by atoms with E-state index in [-0.39, 0.29) is 5.69 Å². The van der Waals surface area contributed by atoms with Gasteiger partial charge in [-0.25, -0.2) is 0 Å². The molecule has 0 aliphatic heterocycles. The van der Waals surface area contributed by atoms with Crippen LogP contribution < -0.4 is 11.1 Å². The summed E-state index contributed by atoms with van der Waals surface area (Å²) < 4.78 is 37.3. The van der Waals surface area contributed by atoms with Gasteiger partial charge in [-0.2, -0.15) is 13.2 Å². The maximum atomic E-state index is 12.1. The number of halogens is 5. The van der Waals surface area contributed by atoms with E-state index in [1.54, 1.807) is 6.07 Å². The van der Waals surface area contributed by atoms with E-state index in [9.17, 15) is 18.0 Å². The summed E-state index contributed by atoms with van der Waals surface area (Å²) in [6.45, 7) is -1.33. The number of hydrogen-bond acceptors (Lipinski definition) is 3. The van der Waals surface area contributed by atoms with Crippen LogP contribution in [0.25, 0.3) is 0 Å². The Morgan fingerprint density at radius 3 is 2.56 bits per heavy atom. The van der Waals surface area contributed by atoms with Crippen molar-refractivity contribution in [3.05, 3.63) is 26.9 Å². The lowest BCUT2D eigenvalue weighted by Crippen LogP contribution is -2.39. The molecule has 0 radical (unpaired) electrons. The van der Waals surface area contributed by atoms with Gasteiger partial charge in [-0.05, 0) is 37.9 Å². The lowest BCUT2D eigenvalue weighted by Gasteiger charge is -2.17. The first-order chi connectivity index (χ1) is 8.20. The van der Waals surface area contributed by atoms with Crippen molar-refractivity contribution in [2.75, 3.05) is 6.54 Å². The van der Waals surface area contributed by atoms with Crippen molar-refractivity contribution in [1.29, 1.82) is 0 Å². The van der Waals surface area contributed by atoms with Crippen LogP contribution in [0.5, 0.6) is 0 Å². The molecule has 1 aromatic rings. The number of nitrogens with two attached hydrogens (primary N) is 1. The van der Waals surface area contributed by atoms with Gasteiger partial charge in [0.25, 0.3) is 0 Å². The summed E-state index contributed by atoms with van der Waals surface area (Å²) in [5, 5.41) is 2.03. The van der Waals surface area contributed by atoms with E-state index in [1.807, 2.05) is 5.32 Å². The molecule has 0 aliphatic carbocycles. The molecule has 4 nitrogen and oxygen atoms in total. The number of amides is 1. The molecule has 1 amide bonds. The zero-order chi connectivity index (χ0) is 13.9. The summed E-state index contributed by atoms with van der Waals surface area (Å²) >= 11 is 6.26. The Balaban J connectivity index is 2.95. The summed E-state index contributed by atoms with van der Waals surface area (Å²) in [7, 11) is 0. The number of nitrogens with zero attached hydrogens (tertiary/aromatic N) is 1. The summed E-state index contributed by atoms with van der Waals surface area (Å²) in [5.41, 5.74) is 5.17. The highest BCUT2D eigenvalue weighted by Gasteiger charge is 2.31. The predicted octanol–water partition coefficient (Wildman–Crippen LogP) is 2.28. The maximum Gasteiger partial charge on any atom is 0.401 e. The van der Waals surface area contributed by atoms with Crippen molar-refractivity contribution >= 4 is 37.8 Å². The molecule has 0 aliphatic rings. The summed E-state index contributed by atoms with van der Waals surface area (Å²) in [5.74, 6) is -0.935. The second kappa shape index (κ2) is 5.98. The Hall–Kier alpha value is -0.670. The molecule has 0 aromatic carbocycles. The van der Waals surface area contributed by atoms with Crippen molar-refractivity contribution in [2.24, 2.45) is 5.73 Å². The van der Waals surface area contributed by atoms with Gasteiger partial charge >= 0.3 is 6.18 Å². The lowest BCUT2D eigenvalue weighted by atomic mass is 10.2. The van der Waals surface area contributed by atoms with Crippen molar-refractivity contribution in [2.45, 2.75) is 12.2 Å². The van der Waals surface area contributed by atoms with E-state index in [0.717, 1.165) is 0 Å². The molecule has 1 rings (SSSR count). The molecular formula is C9H8Br2F3N3O. The Bertz CT molecular complexity index is 453. The number of alkyl halides is 3. The minimum atomic E-state index is -4.43. The Kier molecular flexibility index (Phi) is 5.11. The predicted molar refractivity (Wildman–Crippen MR) is 65.6 cm³/mol. The molecule has 1 unspecified atom stereocenters. The number of nitrogens with one attached hydrogen (secondary N) is 1. The number of carbonyl (C=O) groups excluding carboxylic acids is 1. The van der Waals surface area contributed by atoms with Crippen LogP contribution >= 0.6 is 31.9 Å². The molecule has 0 bridgehead atoms. The van der Waals surface area contributed by atoms with Gasteiger partial charge in [0.1, 0.15) is 6.04 Å². The number of hydrogen-bond donors (Lipinski definition) is 2. The van der Waals surface area contributed by atoms with E-state index >= 15 is 0 Å². The van der Waals surface area contributed by atoms with E-state index in [0.29, 0.717) is 8.95 Å². The molecule has 9 heteroatoms. The van der Waals surface area contributed by atoms with Gasteiger partial charge in [-0.1, -0.05) is 0 Å². The molecule has 0 spiro atoms. The first kappa shape index (κ1) is 15.4. The van der Waals surface area contributed by atoms with Crippen LogP contribution in [0.1, 0.15) is 11.7 Å². The normalized spacial score (nSPS) is 13.4. The molecular weight excluding hydrogens is 383 g/mol. The zero-order valence-electron chi connectivity index (χ0n) is 8.76. The van der Waals surface area contributed by atoms with Crippen molar-refractivity contribution in [3.63, 3.8) is 0 Å². The van der Waals surface area contributed by atoms with Crippen LogP contribution in [-0.4, -0.2) is 23.6 Å². The minimum Gasteiger partial charge on any atom is -0.368 e.